The lowest BCUT2D eigenvalue weighted by Crippen LogP contribution is -2.57. The average molecular weight is 312 g/mol. The first-order valence-corrected chi connectivity index (χ1v) is 6.77. The molecule has 2 aliphatic rings. The molecule has 0 radical (unpaired) electrons. The summed E-state index contributed by atoms with van der Waals surface area (Å²) in [5.41, 5.74) is 1.21. The maximum absolute atomic E-state index is 11.1. The number of piperazine rings is 1. The minimum absolute atomic E-state index is 0.169. The highest BCUT2D eigenvalue weighted by atomic mass is 79.9. The number of halogens is 1. The molecule has 0 aromatic carbocycles. The third-order valence-corrected chi connectivity index (χ3v) is 4.12. The summed E-state index contributed by atoms with van der Waals surface area (Å²) in [5.74, 6) is 1.01. The number of aromatic nitrogens is 1. The van der Waals surface area contributed by atoms with Crippen LogP contribution < -0.4 is 4.90 Å². The van der Waals surface area contributed by atoms with Crippen molar-refractivity contribution in [2.24, 2.45) is 0 Å². The summed E-state index contributed by atoms with van der Waals surface area (Å²) in [5, 5.41) is 9.12. The topological polar surface area (TPSA) is 56.7 Å². The SMILES string of the molecule is C[C@@H]1CN(C(=O)O)C[C@H]2Cc3ccc(Br)nc3N21. The molecule has 1 saturated heterocycles. The van der Waals surface area contributed by atoms with Crippen molar-refractivity contribution in [2.75, 3.05) is 18.0 Å². The average Bonchev–Trinajstić information content (AvgIpc) is 2.66. The minimum atomic E-state index is -0.827. The lowest BCUT2D eigenvalue weighted by molar-refractivity contribution is 0.128. The van der Waals surface area contributed by atoms with Crippen LogP contribution in [0.3, 0.4) is 0 Å². The first-order valence-electron chi connectivity index (χ1n) is 5.98. The Hall–Kier alpha value is -1.30. The summed E-state index contributed by atoms with van der Waals surface area (Å²) in [6, 6.07) is 4.41. The maximum atomic E-state index is 11.1. The molecule has 3 rings (SSSR count). The Bertz CT molecular complexity index is 508. The Morgan fingerprint density at radius 3 is 3.00 bits per heavy atom. The van der Waals surface area contributed by atoms with Crippen LogP contribution >= 0.6 is 15.9 Å². The van der Waals surface area contributed by atoms with E-state index in [0.717, 1.165) is 16.8 Å². The van der Waals surface area contributed by atoms with Crippen LogP contribution in [-0.4, -0.2) is 46.3 Å². The molecule has 0 unspecified atom stereocenters. The van der Waals surface area contributed by atoms with E-state index in [9.17, 15) is 4.79 Å². The summed E-state index contributed by atoms with van der Waals surface area (Å²) < 4.78 is 0.828. The van der Waals surface area contributed by atoms with E-state index in [1.54, 1.807) is 0 Å². The molecule has 0 saturated carbocycles. The fraction of sp³-hybridized carbons (Fsp3) is 0.500. The number of rotatable bonds is 0. The van der Waals surface area contributed by atoms with Crippen LogP contribution in [0.15, 0.2) is 16.7 Å². The van der Waals surface area contributed by atoms with Crippen LogP contribution in [0.4, 0.5) is 10.6 Å². The molecule has 0 aliphatic carbocycles. The molecule has 1 fully saturated rings. The van der Waals surface area contributed by atoms with Gasteiger partial charge >= 0.3 is 6.09 Å². The number of fused-ring (bicyclic) bond motifs is 3. The Kier molecular flexibility index (Phi) is 2.69. The van der Waals surface area contributed by atoms with E-state index in [1.807, 2.05) is 6.07 Å². The van der Waals surface area contributed by atoms with Crippen molar-refractivity contribution in [3.63, 3.8) is 0 Å². The zero-order valence-electron chi connectivity index (χ0n) is 10.0. The molecule has 1 N–H and O–H groups in total. The van der Waals surface area contributed by atoms with Gasteiger partial charge < -0.3 is 14.9 Å². The number of hydrogen-bond donors (Lipinski definition) is 1. The Morgan fingerprint density at radius 1 is 1.50 bits per heavy atom. The molecule has 3 heterocycles. The van der Waals surface area contributed by atoms with Gasteiger partial charge in [0.1, 0.15) is 10.4 Å². The Labute approximate surface area is 114 Å². The number of anilines is 1. The van der Waals surface area contributed by atoms with E-state index >= 15 is 0 Å². The van der Waals surface area contributed by atoms with Gasteiger partial charge in [-0.25, -0.2) is 9.78 Å². The van der Waals surface area contributed by atoms with Crippen molar-refractivity contribution in [3.8, 4) is 0 Å². The van der Waals surface area contributed by atoms with Gasteiger partial charge in [-0.15, -0.1) is 0 Å². The molecule has 0 bridgehead atoms. The minimum Gasteiger partial charge on any atom is -0.465 e. The lowest BCUT2D eigenvalue weighted by Gasteiger charge is -2.42. The van der Waals surface area contributed by atoms with Gasteiger partial charge in [0.05, 0.1) is 6.04 Å². The number of carboxylic acid groups (broad SMARTS) is 1. The normalized spacial score (nSPS) is 25.9. The van der Waals surface area contributed by atoms with Crippen molar-refractivity contribution in [1.82, 2.24) is 9.88 Å². The highest BCUT2D eigenvalue weighted by Gasteiger charge is 2.40. The number of carbonyl (C=O) groups is 1. The second-order valence-electron chi connectivity index (χ2n) is 4.92. The van der Waals surface area contributed by atoms with Crippen LogP contribution in [0.5, 0.6) is 0 Å². The molecule has 96 valence electrons. The van der Waals surface area contributed by atoms with E-state index in [0.29, 0.717) is 13.1 Å². The molecule has 2 aliphatic heterocycles. The zero-order valence-corrected chi connectivity index (χ0v) is 11.6. The summed E-state index contributed by atoms with van der Waals surface area (Å²) in [6.07, 6.45) is 0.0515. The molecule has 6 heteroatoms. The van der Waals surface area contributed by atoms with E-state index in [2.05, 4.69) is 38.8 Å². The van der Waals surface area contributed by atoms with Crippen molar-refractivity contribution in [1.29, 1.82) is 0 Å². The van der Waals surface area contributed by atoms with Crippen molar-refractivity contribution < 1.29 is 9.90 Å². The second kappa shape index (κ2) is 4.12. The van der Waals surface area contributed by atoms with Gasteiger partial charge in [-0.05, 0) is 40.9 Å². The quantitative estimate of drug-likeness (QED) is 0.744. The number of hydrogen-bond acceptors (Lipinski definition) is 3. The fourth-order valence-corrected chi connectivity index (χ4v) is 3.28. The zero-order chi connectivity index (χ0) is 12.9. The standard InChI is InChI=1S/C12H14BrN3O2/c1-7-5-15(12(17)18)6-9-4-8-2-3-10(13)14-11(8)16(7)9/h2-3,7,9H,4-6H2,1H3,(H,17,18)/t7-,9-/m1/s1. The van der Waals surface area contributed by atoms with E-state index in [1.165, 1.54) is 10.5 Å². The highest BCUT2D eigenvalue weighted by molar-refractivity contribution is 9.10. The monoisotopic (exact) mass is 311 g/mol. The molecule has 18 heavy (non-hydrogen) atoms. The highest BCUT2D eigenvalue weighted by Crippen LogP contribution is 2.35. The van der Waals surface area contributed by atoms with Gasteiger partial charge in [0.2, 0.25) is 0 Å². The summed E-state index contributed by atoms with van der Waals surface area (Å²) in [7, 11) is 0. The Morgan fingerprint density at radius 2 is 2.28 bits per heavy atom. The first kappa shape index (κ1) is 11.8. The van der Waals surface area contributed by atoms with Gasteiger partial charge in [0.15, 0.2) is 0 Å². The number of amides is 1. The summed E-state index contributed by atoms with van der Waals surface area (Å²) >= 11 is 3.39. The smallest absolute Gasteiger partial charge is 0.407 e. The van der Waals surface area contributed by atoms with Gasteiger partial charge in [-0.3, -0.25) is 0 Å². The maximum Gasteiger partial charge on any atom is 0.407 e. The predicted octanol–water partition coefficient (Wildman–Crippen LogP) is 1.96. The van der Waals surface area contributed by atoms with Crippen molar-refractivity contribution in [3.05, 3.63) is 22.3 Å². The number of pyridine rings is 1. The summed E-state index contributed by atoms with van der Waals surface area (Å²) in [4.78, 5) is 19.4. The van der Waals surface area contributed by atoms with Crippen LogP contribution in [0, 0.1) is 0 Å². The lowest BCUT2D eigenvalue weighted by atomic mass is 10.1. The van der Waals surface area contributed by atoms with E-state index in [4.69, 9.17) is 5.11 Å². The molecular formula is C12H14BrN3O2. The van der Waals surface area contributed by atoms with Crippen molar-refractivity contribution in [2.45, 2.75) is 25.4 Å². The molecule has 2 atom stereocenters. The first-order chi connectivity index (χ1) is 8.56. The molecule has 1 aromatic rings. The molecular weight excluding hydrogens is 298 g/mol. The van der Waals surface area contributed by atoms with Crippen LogP contribution in [0.25, 0.3) is 0 Å². The van der Waals surface area contributed by atoms with E-state index < -0.39 is 6.09 Å². The van der Waals surface area contributed by atoms with Crippen LogP contribution in [0.2, 0.25) is 0 Å². The third kappa shape index (κ3) is 1.75. The molecule has 1 amide bonds. The Balaban J connectivity index is 1.93. The largest absolute Gasteiger partial charge is 0.465 e. The van der Waals surface area contributed by atoms with Crippen molar-refractivity contribution >= 4 is 27.8 Å². The van der Waals surface area contributed by atoms with Gasteiger partial charge in [-0.2, -0.15) is 0 Å². The fourth-order valence-electron chi connectivity index (χ4n) is 2.98. The van der Waals surface area contributed by atoms with Gasteiger partial charge in [0.25, 0.3) is 0 Å². The van der Waals surface area contributed by atoms with Crippen LogP contribution in [0.1, 0.15) is 12.5 Å². The predicted molar refractivity (Wildman–Crippen MR) is 71.0 cm³/mol. The van der Waals surface area contributed by atoms with Gasteiger partial charge in [0, 0.05) is 19.1 Å². The third-order valence-electron chi connectivity index (χ3n) is 3.68. The second-order valence-corrected chi connectivity index (χ2v) is 5.73. The van der Waals surface area contributed by atoms with E-state index in [-0.39, 0.29) is 12.1 Å². The van der Waals surface area contributed by atoms with Crippen LogP contribution in [-0.2, 0) is 6.42 Å². The molecule has 1 aromatic heterocycles. The molecule has 0 spiro atoms. The summed E-state index contributed by atoms with van der Waals surface area (Å²) in [6.45, 7) is 3.16. The number of nitrogens with zero attached hydrogens (tertiary/aromatic N) is 3. The molecule has 5 nitrogen and oxygen atoms in total. The van der Waals surface area contributed by atoms with Gasteiger partial charge in [-0.1, -0.05) is 6.07 Å².